The molecular weight excluding hydrogens is 266 g/mol. The van der Waals surface area contributed by atoms with E-state index in [1.807, 2.05) is 13.0 Å². The van der Waals surface area contributed by atoms with Crippen LogP contribution < -0.4 is 5.32 Å². The van der Waals surface area contributed by atoms with Gasteiger partial charge in [-0.2, -0.15) is 0 Å². The zero-order chi connectivity index (χ0) is 15.6. The van der Waals surface area contributed by atoms with Crippen LogP contribution in [0.25, 0.3) is 0 Å². The summed E-state index contributed by atoms with van der Waals surface area (Å²) in [6, 6.07) is 3.67. The standard InChI is InChI=1S/C16H25N3O2/c1-5-17-14-9-11(8-13(18-14)16(2,3)4)15(21)19-7-6-12(20)10-19/h8-9,12,20H,5-7,10H2,1-4H3,(H,17,18). The highest BCUT2D eigenvalue weighted by Gasteiger charge is 2.27. The van der Waals surface area contributed by atoms with Crippen LogP contribution in [0.2, 0.25) is 0 Å². The Bertz CT molecular complexity index is 523. The number of amides is 1. The summed E-state index contributed by atoms with van der Waals surface area (Å²) in [5.41, 5.74) is 1.41. The van der Waals surface area contributed by atoms with Crippen molar-refractivity contribution >= 4 is 11.7 Å². The molecule has 0 aliphatic carbocycles. The minimum atomic E-state index is -0.397. The van der Waals surface area contributed by atoms with Crippen molar-refractivity contribution in [3.05, 3.63) is 23.4 Å². The molecule has 1 unspecified atom stereocenters. The summed E-state index contributed by atoms with van der Waals surface area (Å²) >= 11 is 0. The van der Waals surface area contributed by atoms with Crippen LogP contribution in [0.1, 0.15) is 50.2 Å². The second kappa shape index (κ2) is 6.02. The molecule has 0 spiro atoms. The van der Waals surface area contributed by atoms with E-state index in [4.69, 9.17) is 0 Å². The average Bonchev–Trinajstić information content (AvgIpc) is 2.83. The molecule has 21 heavy (non-hydrogen) atoms. The van der Waals surface area contributed by atoms with Crippen molar-refractivity contribution in [3.8, 4) is 0 Å². The molecule has 1 aromatic rings. The monoisotopic (exact) mass is 291 g/mol. The summed E-state index contributed by atoms with van der Waals surface area (Å²) < 4.78 is 0. The zero-order valence-electron chi connectivity index (χ0n) is 13.3. The zero-order valence-corrected chi connectivity index (χ0v) is 13.3. The van der Waals surface area contributed by atoms with E-state index in [0.29, 0.717) is 25.1 Å². The third kappa shape index (κ3) is 3.73. The van der Waals surface area contributed by atoms with Crippen LogP contribution in [-0.4, -0.2) is 46.6 Å². The van der Waals surface area contributed by atoms with Crippen LogP contribution in [0, 0.1) is 0 Å². The number of aliphatic hydroxyl groups excluding tert-OH is 1. The number of hydrogen-bond donors (Lipinski definition) is 2. The number of aliphatic hydroxyl groups is 1. The van der Waals surface area contributed by atoms with Crippen LogP contribution in [0.5, 0.6) is 0 Å². The lowest BCUT2D eigenvalue weighted by Crippen LogP contribution is -2.30. The number of nitrogens with zero attached hydrogens (tertiary/aromatic N) is 2. The molecule has 1 amide bonds. The molecule has 5 heteroatoms. The molecule has 0 bridgehead atoms. The molecule has 1 atom stereocenters. The third-order valence-corrected chi connectivity index (χ3v) is 3.65. The lowest BCUT2D eigenvalue weighted by atomic mass is 9.90. The number of carbonyl (C=O) groups is 1. The maximum atomic E-state index is 12.6. The molecule has 116 valence electrons. The first-order chi connectivity index (χ1) is 9.81. The number of anilines is 1. The van der Waals surface area contributed by atoms with Gasteiger partial charge in [-0.1, -0.05) is 20.8 Å². The molecular formula is C16H25N3O2. The number of β-amino-alcohol motifs (C(OH)–C–C–N with tert-alkyl or cyclic N) is 1. The molecule has 2 heterocycles. The van der Waals surface area contributed by atoms with Crippen molar-refractivity contribution in [1.29, 1.82) is 0 Å². The highest BCUT2D eigenvalue weighted by atomic mass is 16.3. The first-order valence-corrected chi connectivity index (χ1v) is 7.55. The van der Waals surface area contributed by atoms with Gasteiger partial charge >= 0.3 is 0 Å². The Hall–Kier alpha value is -1.62. The fourth-order valence-electron chi connectivity index (χ4n) is 2.42. The van der Waals surface area contributed by atoms with E-state index in [0.717, 1.165) is 18.1 Å². The van der Waals surface area contributed by atoms with E-state index in [9.17, 15) is 9.90 Å². The highest BCUT2D eigenvalue weighted by Crippen LogP contribution is 2.24. The van der Waals surface area contributed by atoms with Crippen molar-refractivity contribution in [2.24, 2.45) is 0 Å². The SMILES string of the molecule is CCNc1cc(C(=O)N2CCC(O)C2)cc(C(C)(C)C)n1. The number of rotatable bonds is 3. The Morgan fingerprint density at radius 2 is 2.19 bits per heavy atom. The number of hydrogen-bond acceptors (Lipinski definition) is 4. The van der Waals surface area contributed by atoms with Gasteiger partial charge in [0.15, 0.2) is 0 Å². The van der Waals surface area contributed by atoms with Crippen LogP contribution >= 0.6 is 0 Å². The van der Waals surface area contributed by atoms with Gasteiger partial charge in [0, 0.05) is 36.3 Å². The summed E-state index contributed by atoms with van der Waals surface area (Å²) in [5, 5.41) is 12.8. The Kier molecular flexibility index (Phi) is 4.52. The van der Waals surface area contributed by atoms with Gasteiger partial charge in [-0.25, -0.2) is 4.98 Å². The summed E-state index contributed by atoms with van der Waals surface area (Å²) in [6.45, 7) is 10.0. The van der Waals surface area contributed by atoms with Crippen molar-refractivity contribution in [2.75, 3.05) is 25.0 Å². The molecule has 1 fully saturated rings. The summed E-state index contributed by atoms with van der Waals surface area (Å²) in [6.07, 6.45) is 0.259. The van der Waals surface area contributed by atoms with Crippen LogP contribution in [-0.2, 0) is 5.41 Å². The van der Waals surface area contributed by atoms with E-state index in [1.165, 1.54) is 0 Å². The Morgan fingerprint density at radius 1 is 1.48 bits per heavy atom. The average molecular weight is 291 g/mol. The quantitative estimate of drug-likeness (QED) is 0.894. The second-order valence-corrected chi connectivity index (χ2v) is 6.60. The summed E-state index contributed by atoms with van der Waals surface area (Å²) in [7, 11) is 0. The molecule has 1 saturated heterocycles. The van der Waals surface area contributed by atoms with Gasteiger partial charge in [0.25, 0.3) is 5.91 Å². The van der Waals surface area contributed by atoms with Crippen LogP contribution in [0.15, 0.2) is 12.1 Å². The molecule has 1 aromatic heterocycles. The maximum Gasteiger partial charge on any atom is 0.254 e. The Balaban J connectivity index is 2.33. The summed E-state index contributed by atoms with van der Waals surface area (Å²) in [5.74, 6) is 0.701. The molecule has 2 N–H and O–H groups in total. The predicted molar refractivity (Wildman–Crippen MR) is 83.6 cm³/mol. The van der Waals surface area contributed by atoms with Crippen LogP contribution in [0.4, 0.5) is 5.82 Å². The minimum absolute atomic E-state index is 0.0291. The molecule has 0 aromatic carbocycles. The Labute approximate surface area is 126 Å². The molecule has 0 radical (unpaired) electrons. The van der Waals surface area contributed by atoms with E-state index in [-0.39, 0.29) is 11.3 Å². The number of pyridine rings is 1. The molecule has 2 rings (SSSR count). The summed E-state index contributed by atoms with van der Waals surface area (Å²) in [4.78, 5) is 18.9. The number of aromatic nitrogens is 1. The smallest absolute Gasteiger partial charge is 0.254 e. The van der Waals surface area contributed by atoms with Gasteiger partial charge in [-0.3, -0.25) is 4.79 Å². The van der Waals surface area contributed by atoms with Gasteiger partial charge in [0.05, 0.1) is 6.10 Å². The largest absolute Gasteiger partial charge is 0.391 e. The van der Waals surface area contributed by atoms with E-state index in [2.05, 4.69) is 31.1 Å². The molecule has 0 saturated carbocycles. The lowest BCUT2D eigenvalue weighted by molar-refractivity contribution is 0.0764. The topological polar surface area (TPSA) is 65.5 Å². The van der Waals surface area contributed by atoms with Gasteiger partial charge in [0.1, 0.15) is 5.82 Å². The number of nitrogens with one attached hydrogen (secondary N) is 1. The fraction of sp³-hybridized carbons (Fsp3) is 0.625. The Morgan fingerprint density at radius 3 is 2.71 bits per heavy atom. The third-order valence-electron chi connectivity index (χ3n) is 3.65. The minimum Gasteiger partial charge on any atom is -0.391 e. The van der Waals surface area contributed by atoms with Crippen molar-refractivity contribution in [3.63, 3.8) is 0 Å². The van der Waals surface area contributed by atoms with E-state index in [1.54, 1.807) is 11.0 Å². The van der Waals surface area contributed by atoms with E-state index < -0.39 is 6.10 Å². The maximum absolute atomic E-state index is 12.6. The van der Waals surface area contributed by atoms with Crippen molar-refractivity contribution in [2.45, 2.75) is 45.6 Å². The number of likely N-dealkylation sites (tertiary alicyclic amines) is 1. The first kappa shape index (κ1) is 15.8. The molecule has 1 aliphatic heterocycles. The van der Waals surface area contributed by atoms with Gasteiger partial charge in [-0.15, -0.1) is 0 Å². The lowest BCUT2D eigenvalue weighted by Gasteiger charge is -2.22. The first-order valence-electron chi connectivity index (χ1n) is 7.55. The highest BCUT2D eigenvalue weighted by molar-refractivity contribution is 5.95. The molecule has 1 aliphatic rings. The normalized spacial score (nSPS) is 18.9. The fourth-order valence-corrected chi connectivity index (χ4v) is 2.42. The predicted octanol–water partition coefficient (Wildman–Crippen LogP) is 2.02. The second-order valence-electron chi connectivity index (χ2n) is 6.60. The van der Waals surface area contributed by atoms with Gasteiger partial charge in [0.2, 0.25) is 0 Å². The van der Waals surface area contributed by atoms with Crippen LogP contribution in [0.3, 0.4) is 0 Å². The number of carbonyl (C=O) groups excluding carboxylic acids is 1. The molecule has 5 nitrogen and oxygen atoms in total. The van der Waals surface area contributed by atoms with Crippen molar-refractivity contribution < 1.29 is 9.90 Å². The van der Waals surface area contributed by atoms with E-state index >= 15 is 0 Å². The van der Waals surface area contributed by atoms with Gasteiger partial charge in [-0.05, 0) is 25.5 Å². The van der Waals surface area contributed by atoms with Crippen molar-refractivity contribution in [1.82, 2.24) is 9.88 Å². The van der Waals surface area contributed by atoms with Gasteiger partial charge < -0.3 is 15.3 Å².